The van der Waals surface area contributed by atoms with Gasteiger partial charge < -0.3 is 9.47 Å². The summed E-state index contributed by atoms with van der Waals surface area (Å²) in [5.74, 6) is 0. The number of methoxy groups -OCH3 is 1. The zero-order valence-corrected chi connectivity index (χ0v) is 5.35. The fourth-order valence-corrected chi connectivity index (χ4v) is 0.407. The highest BCUT2D eigenvalue weighted by Crippen LogP contribution is 1.81. The molecular weight excluding hydrogens is 104 g/mol. The molecule has 0 fully saturated rings. The van der Waals surface area contributed by atoms with E-state index < -0.39 is 0 Å². The molecule has 0 aliphatic rings. The molecule has 0 aliphatic heterocycles. The van der Waals surface area contributed by atoms with Crippen molar-refractivity contribution in [1.82, 2.24) is 0 Å². The normalized spacial score (nSPS) is 11.4. The highest BCUT2D eigenvalue weighted by molar-refractivity contribution is 4.30. The van der Waals surface area contributed by atoms with Crippen molar-refractivity contribution in [3.05, 3.63) is 0 Å². The van der Waals surface area contributed by atoms with Crippen LogP contribution in [0.15, 0.2) is 0 Å². The van der Waals surface area contributed by atoms with Crippen LogP contribution in [0, 0.1) is 0 Å². The first kappa shape index (κ1) is 6.05. The lowest BCUT2D eigenvalue weighted by molar-refractivity contribution is 0.111. The van der Waals surface area contributed by atoms with E-state index in [2.05, 4.69) is 0 Å². The minimum Gasteiger partial charge on any atom is -0.385 e. The third-order valence-corrected chi connectivity index (χ3v) is 0.781. The second-order valence-corrected chi connectivity index (χ2v) is 1.46. The van der Waals surface area contributed by atoms with E-state index in [1.807, 2.05) is 0 Å². The molecule has 0 radical (unpaired) electrons. The maximum Gasteiger partial charge on any atom is 0.0487 e. The summed E-state index contributed by atoms with van der Waals surface area (Å²) in [6.07, 6.45) is 0.927. The number of hydrogen-bond acceptors (Lipinski definition) is 2. The number of ether oxygens (including phenoxy) is 2. The highest BCUT2D eigenvalue weighted by Gasteiger charge is 1.82. The van der Waals surface area contributed by atoms with Crippen molar-refractivity contribution in [2.24, 2.45) is 0 Å². The molecular formula is C6H14O2. The standard InChI is InChI=1S/C6H14O2/c1-3-8-6-4-5-7-2/h3-6H2,1-2H3/i1T. The van der Waals surface area contributed by atoms with Crippen molar-refractivity contribution in [3.63, 3.8) is 0 Å². The summed E-state index contributed by atoms with van der Waals surface area (Å²) in [4.78, 5) is 0. The van der Waals surface area contributed by atoms with Gasteiger partial charge in [0.15, 0.2) is 0 Å². The predicted octanol–water partition coefficient (Wildman–Crippen LogP) is 1.06. The van der Waals surface area contributed by atoms with Crippen molar-refractivity contribution in [1.29, 1.82) is 0 Å². The minimum atomic E-state index is 0.354. The van der Waals surface area contributed by atoms with E-state index in [1.165, 1.54) is 0 Å². The van der Waals surface area contributed by atoms with E-state index >= 15 is 0 Å². The summed E-state index contributed by atoms with van der Waals surface area (Å²) in [5, 5.41) is 0. The molecule has 2 heteroatoms. The molecule has 50 valence electrons. The molecule has 0 amide bonds. The molecule has 0 aromatic heterocycles. The number of rotatable bonds is 5. The fraction of sp³-hybridized carbons (Fsp3) is 1.00. The van der Waals surface area contributed by atoms with Crippen molar-refractivity contribution >= 4 is 0 Å². The predicted molar refractivity (Wildman–Crippen MR) is 33.0 cm³/mol. The van der Waals surface area contributed by atoms with Crippen LogP contribution in [0.3, 0.4) is 0 Å². The molecule has 8 heavy (non-hydrogen) atoms. The molecule has 2 nitrogen and oxygen atoms in total. The van der Waals surface area contributed by atoms with Gasteiger partial charge in [-0.05, 0) is 13.3 Å². The zero-order valence-electron chi connectivity index (χ0n) is 6.35. The SMILES string of the molecule is [3H]CCOCCCOC. The Morgan fingerprint density at radius 3 is 3.00 bits per heavy atom. The van der Waals surface area contributed by atoms with Crippen LogP contribution in [0.5, 0.6) is 0 Å². The van der Waals surface area contributed by atoms with Crippen molar-refractivity contribution in [2.45, 2.75) is 13.3 Å². The van der Waals surface area contributed by atoms with Crippen LogP contribution in [0.2, 0.25) is 0 Å². The Labute approximate surface area is 52.2 Å². The molecule has 0 atom stereocenters. The Kier molecular flexibility index (Phi) is 5.23. The smallest absolute Gasteiger partial charge is 0.0487 e. The summed E-state index contributed by atoms with van der Waals surface area (Å²) in [6, 6.07) is 0. The highest BCUT2D eigenvalue weighted by atomic mass is 16.5. The van der Waals surface area contributed by atoms with Crippen LogP contribution in [0.25, 0.3) is 0 Å². The third kappa shape index (κ3) is 5.92. The molecule has 0 rings (SSSR count). The maximum absolute atomic E-state index is 6.73. The number of hydrogen-bond donors (Lipinski definition) is 0. The van der Waals surface area contributed by atoms with Crippen molar-refractivity contribution in [2.75, 3.05) is 26.9 Å². The molecule has 0 heterocycles. The molecule has 0 saturated carbocycles. The average Bonchev–Trinajstić information content (AvgIpc) is 1.89. The Morgan fingerprint density at radius 1 is 1.50 bits per heavy atom. The summed E-state index contributed by atoms with van der Waals surface area (Å²) < 4.78 is 16.5. The largest absolute Gasteiger partial charge is 0.385 e. The first-order chi connectivity index (χ1) is 4.41. The fourth-order valence-electron chi connectivity index (χ4n) is 0.407. The van der Waals surface area contributed by atoms with Gasteiger partial charge in [0.2, 0.25) is 0 Å². The second-order valence-electron chi connectivity index (χ2n) is 1.46. The summed E-state index contributed by atoms with van der Waals surface area (Å²) in [5.41, 5.74) is 0. The van der Waals surface area contributed by atoms with Gasteiger partial charge in [-0.1, -0.05) is 0 Å². The van der Waals surface area contributed by atoms with Gasteiger partial charge in [-0.3, -0.25) is 0 Å². The molecule has 0 N–H and O–H groups in total. The lowest BCUT2D eigenvalue weighted by atomic mass is 10.5. The Bertz CT molecular complexity index is 44.3. The van der Waals surface area contributed by atoms with E-state index in [0.29, 0.717) is 20.1 Å². The minimum absolute atomic E-state index is 0.354. The molecule has 0 saturated heterocycles. The van der Waals surface area contributed by atoms with Crippen LogP contribution in [-0.2, 0) is 9.47 Å². The molecule has 0 aromatic carbocycles. The van der Waals surface area contributed by atoms with Gasteiger partial charge in [0, 0.05) is 28.3 Å². The van der Waals surface area contributed by atoms with Crippen LogP contribution in [0.1, 0.15) is 14.7 Å². The van der Waals surface area contributed by atoms with Gasteiger partial charge in [0.1, 0.15) is 0 Å². The average molecular weight is 120 g/mol. The lowest BCUT2D eigenvalue weighted by Gasteiger charge is -1.97. The summed E-state index contributed by atoms with van der Waals surface area (Å²) in [6.45, 7) is 2.36. The Morgan fingerprint density at radius 2 is 2.38 bits per heavy atom. The monoisotopic (exact) mass is 120 g/mol. The Balaban J connectivity index is 2.60. The molecule has 0 aliphatic carbocycles. The van der Waals surface area contributed by atoms with Gasteiger partial charge in [0.05, 0.1) is 0 Å². The quantitative estimate of drug-likeness (QED) is 0.505. The van der Waals surface area contributed by atoms with E-state index in [-0.39, 0.29) is 0 Å². The summed E-state index contributed by atoms with van der Waals surface area (Å²) >= 11 is 0. The van der Waals surface area contributed by atoms with Gasteiger partial charge >= 0.3 is 0 Å². The van der Waals surface area contributed by atoms with Crippen LogP contribution in [-0.4, -0.2) is 26.9 Å². The molecule has 0 spiro atoms. The topological polar surface area (TPSA) is 18.5 Å². The van der Waals surface area contributed by atoms with Crippen LogP contribution in [0.4, 0.5) is 0 Å². The van der Waals surface area contributed by atoms with E-state index in [9.17, 15) is 0 Å². The molecule has 0 unspecified atom stereocenters. The first-order valence-electron chi connectivity index (χ1n) is 3.48. The molecule has 0 aromatic rings. The summed E-state index contributed by atoms with van der Waals surface area (Å²) in [7, 11) is 1.67. The van der Waals surface area contributed by atoms with E-state index in [1.54, 1.807) is 7.11 Å². The van der Waals surface area contributed by atoms with Crippen molar-refractivity contribution in [3.8, 4) is 0 Å². The maximum atomic E-state index is 6.73. The molecule has 0 bridgehead atoms. The van der Waals surface area contributed by atoms with E-state index in [4.69, 9.17) is 10.8 Å². The van der Waals surface area contributed by atoms with Crippen molar-refractivity contribution < 1.29 is 10.8 Å². The van der Waals surface area contributed by atoms with Crippen LogP contribution < -0.4 is 0 Å². The second kappa shape index (κ2) is 6.92. The lowest BCUT2D eigenvalue weighted by Crippen LogP contribution is -1.97. The van der Waals surface area contributed by atoms with Gasteiger partial charge in [-0.2, -0.15) is 0 Å². The van der Waals surface area contributed by atoms with Gasteiger partial charge in [-0.15, -0.1) is 0 Å². The first-order valence-corrected chi connectivity index (χ1v) is 2.77. The van der Waals surface area contributed by atoms with Gasteiger partial charge in [0.25, 0.3) is 0 Å². The van der Waals surface area contributed by atoms with Gasteiger partial charge in [-0.25, -0.2) is 0 Å². The zero-order chi connectivity index (χ0) is 6.95. The Hall–Kier alpha value is -0.0800. The third-order valence-electron chi connectivity index (χ3n) is 0.781. The van der Waals surface area contributed by atoms with E-state index in [0.717, 1.165) is 13.0 Å². The van der Waals surface area contributed by atoms with Crippen LogP contribution >= 0.6 is 0 Å².